The van der Waals surface area contributed by atoms with Crippen LogP contribution in [0.1, 0.15) is 34.6 Å². The first-order valence-corrected chi connectivity index (χ1v) is 6.64. The Balaban J connectivity index is 2.16. The summed E-state index contributed by atoms with van der Waals surface area (Å²) in [6.45, 7) is 0. The third-order valence-electron chi connectivity index (χ3n) is 3.45. The third kappa shape index (κ3) is 2.12. The fraction of sp³-hybridized carbons (Fsp3) is 0.286. The second kappa shape index (κ2) is 4.70. The number of rotatable bonds is 2. The van der Waals surface area contributed by atoms with Crippen molar-refractivity contribution < 1.29 is 9.90 Å². The molecular weight excluding hydrogens is 264 g/mol. The molecule has 1 aliphatic carbocycles. The number of halogens is 1. The quantitative estimate of drug-likeness (QED) is 0.917. The van der Waals surface area contributed by atoms with Gasteiger partial charge in [-0.05, 0) is 49.9 Å². The van der Waals surface area contributed by atoms with Crippen LogP contribution in [0.25, 0.3) is 5.69 Å². The Morgan fingerprint density at radius 3 is 2.58 bits per heavy atom. The highest BCUT2D eigenvalue weighted by Crippen LogP contribution is 2.27. The number of aromatic nitrogens is 2. The van der Waals surface area contributed by atoms with E-state index in [1.807, 2.05) is 12.1 Å². The largest absolute Gasteiger partial charge is 0.476 e. The van der Waals surface area contributed by atoms with Crippen molar-refractivity contribution in [2.75, 3.05) is 0 Å². The molecule has 1 N–H and O–H groups in total. The maximum atomic E-state index is 11.3. The maximum Gasteiger partial charge on any atom is 0.356 e. The molecule has 1 aromatic carbocycles. The van der Waals surface area contributed by atoms with Crippen molar-refractivity contribution >= 4 is 17.6 Å². The van der Waals surface area contributed by atoms with Gasteiger partial charge < -0.3 is 5.11 Å². The van der Waals surface area contributed by atoms with E-state index in [1.165, 1.54) is 0 Å². The van der Waals surface area contributed by atoms with E-state index in [0.29, 0.717) is 5.02 Å². The van der Waals surface area contributed by atoms with Crippen molar-refractivity contribution in [1.29, 1.82) is 0 Å². The molecule has 0 bridgehead atoms. The van der Waals surface area contributed by atoms with Crippen LogP contribution >= 0.6 is 11.6 Å². The Hall–Kier alpha value is -1.81. The molecule has 0 spiro atoms. The molecule has 0 aliphatic heterocycles. The molecule has 0 saturated heterocycles. The van der Waals surface area contributed by atoms with Crippen molar-refractivity contribution in [3.05, 3.63) is 46.2 Å². The Bertz CT molecular complexity index is 632. The van der Waals surface area contributed by atoms with Crippen LogP contribution in [0.3, 0.4) is 0 Å². The van der Waals surface area contributed by atoms with Crippen LogP contribution < -0.4 is 0 Å². The molecule has 1 aliphatic rings. The smallest absolute Gasteiger partial charge is 0.356 e. The standard InChI is InChI=1S/C14H13ClN2O2/c15-9-5-7-10(8-6-9)17-12-4-2-1-3-11(12)13(16-17)14(18)19/h5-8H,1-4H2,(H,18,19). The van der Waals surface area contributed by atoms with Crippen molar-refractivity contribution in [3.8, 4) is 5.69 Å². The van der Waals surface area contributed by atoms with E-state index in [2.05, 4.69) is 5.10 Å². The van der Waals surface area contributed by atoms with E-state index in [4.69, 9.17) is 11.6 Å². The molecule has 1 aromatic heterocycles. The van der Waals surface area contributed by atoms with Crippen LogP contribution in [0.5, 0.6) is 0 Å². The van der Waals surface area contributed by atoms with Gasteiger partial charge in [0.05, 0.1) is 5.69 Å². The number of carboxylic acid groups (broad SMARTS) is 1. The van der Waals surface area contributed by atoms with Gasteiger partial charge >= 0.3 is 5.97 Å². The highest BCUT2D eigenvalue weighted by molar-refractivity contribution is 6.30. The van der Waals surface area contributed by atoms with Crippen LogP contribution in [0.15, 0.2) is 24.3 Å². The molecule has 19 heavy (non-hydrogen) atoms. The number of fused-ring (bicyclic) bond motifs is 1. The van der Waals surface area contributed by atoms with E-state index >= 15 is 0 Å². The number of nitrogens with zero attached hydrogens (tertiary/aromatic N) is 2. The number of hydrogen-bond donors (Lipinski definition) is 1. The molecule has 1 heterocycles. The summed E-state index contributed by atoms with van der Waals surface area (Å²) in [5, 5.41) is 14.2. The minimum absolute atomic E-state index is 0.185. The fourth-order valence-corrected chi connectivity index (χ4v) is 2.69. The molecular formula is C14H13ClN2O2. The number of carboxylic acids is 1. The number of aromatic carboxylic acids is 1. The van der Waals surface area contributed by atoms with Gasteiger partial charge in [0.1, 0.15) is 0 Å². The van der Waals surface area contributed by atoms with Crippen molar-refractivity contribution in [3.63, 3.8) is 0 Å². The van der Waals surface area contributed by atoms with Crippen molar-refractivity contribution in [2.45, 2.75) is 25.7 Å². The molecule has 0 amide bonds. The molecule has 98 valence electrons. The topological polar surface area (TPSA) is 55.1 Å². The second-order valence-corrected chi connectivity index (χ2v) is 5.11. The van der Waals surface area contributed by atoms with Gasteiger partial charge in [-0.3, -0.25) is 0 Å². The number of carbonyl (C=O) groups is 1. The lowest BCUT2D eigenvalue weighted by Crippen LogP contribution is -2.08. The van der Waals surface area contributed by atoms with E-state index in [9.17, 15) is 9.90 Å². The maximum absolute atomic E-state index is 11.3. The summed E-state index contributed by atoms with van der Waals surface area (Å²) in [5.41, 5.74) is 2.94. The average Bonchev–Trinajstić information content (AvgIpc) is 2.79. The molecule has 3 rings (SSSR count). The summed E-state index contributed by atoms with van der Waals surface area (Å²) < 4.78 is 1.74. The normalized spacial score (nSPS) is 14.2. The van der Waals surface area contributed by atoms with Crippen molar-refractivity contribution in [2.24, 2.45) is 0 Å². The van der Waals surface area contributed by atoms with E-state index in [0.717, 1.165) is 42.6 Å². The highest BCUT2D eigenvalue weighted by Gasteiger charge is 2.25. The predicted molar refractivity (Wildman–Crippen MR) is 72.2 cm³/mol. The second-order valence-electron chi connectivity index (χ2n) is 4.67. The molecule has 5 heteroatoms. The van der Waals surface area contributed by atoms with Gasteiger partial charge in [-0.1, -0.05) is 11.6 Å². The predicted octanol–water partition coefficient (Wildman–Crippen LogP) is 3.10. The fourth-order valence-electron chi connectivity index (χ4n) is 2.57. The van der Waals surface area contributed by atoms with E-state index in [1.54, 1.807) is 16.8 Å². The van der Waals surface area contributed by atoms with Gasteiger partial charge in [-0.15, -0.1) is 0 Å². The lowest BCUT2D eigenvalue weighted by Gasteiger charge is -2.13. The van der Waals surface area contributed by atoms with Crippen LogP contribution in [0.4, 0.5) is 0 Å². The summed E-state index contributed by atoms with van der Waals surface area (Å²) in [4.78, 5) is 11.3. The molecule has 0 saturated carbocycles. The molecule has 2 aromatic rings. The number of hydrogen-bond acceptors (Lipinski definition) is 2. The lowest BCUT2D eigenvalue weighted by molar-refractivity contribution is 0.0688. The van der Waals surface area contributed by atoms with Crippen LogP contribution in [0.2, 0.25) is 5.02 Å². The lowest BCUT2D eigenvalue weighted by atomic mass is 9.95. The first-order chi connectivity index (χ1) is 9.16. The van der Waals surface area contributed by atoms with Gasteiger partial charge in [0.25, 0.3) is 0 Å². The Labute approximate surface area is 115 Å². The Kier molecular flexibility index (Phi) is 3.03. The summed E-state index contributed by atoms with van der Waals surface area (Å²) in [5.74, 6) is -0.953. The number of benzene rings is 1. The SMILES string of the molecule is O=C(O)c1nn(-c2ccc(Cl)cc2)c2c1CCCC2. The minimum atomic E-state index is -0.953. The molecule has 0 unspecified atom stereocenters. The third-order valence-corrected chi connectivity index (χ3v) is 3.71. The zero-order chi connectivity index (χ0) is 13.4. The molecule has 0 radical (unpaired) electrons. The van der Waals surface area contributed by atoms with Crippen LogP contribution in [-0.4, -0.2) is 20.9 Å². The summed E-state index contributed by atoms with van der Waals surface area (Å²) >= 11 is 5.87. The first-order valence-electron chi connectivity index (χ1n) is 6.27. The van der Waals surface area contributed by atoms with Gasteiger partial charge in [-0.2, -0.15) is 5.10 Å². The Morgan fingerprint density at radius 2 is 1.89 bits per heavy atom. The summed E-state index contributed by atoms with van der Waals surface area (Å²) in [6, 6.07) is 7.29. The van der Waals surface area contributed by atoms with Gasteiger partial charge in [-0.25, -0.2) is 9.48 Å². The molecule has 0 atom stereocenters. The zero-order valence-corrected chi connectivity index (χ0v) is 11.0. The molecule has 0 fully saturated rings. The monoisotopic (exact) mass is 276 g/mol. The Morgan fingerprint density at radius 1 is 1.21 bits per heavy atom. The molecule has 4 nitrogen and oxygen atoms in total. The van der Waals surface area contributed by atoms with Crippen LogP contribution in [-0.2, 0) is 12.8 Å². The minimum Gasteiger partial charge on any atom is -0.476 e. The van der Waals surface area contributed by atoms with Crippen LogP contribution in [0, 0.1) is 0 Å². The first kappa shape index (κ1) is 12.2. The summed E-state index contributed by atoms with van der Waals surface area (Å²) in [6.07, 6.45) is 3.77. The van der Waals surface area contributed by atoms with E-state index < -0.39 is 5.97 Å². The van der Waals surface area contributed by atoms with Gasteiger partial charge in [0.15, 0.2) is 5.69 Å². The van der Waals surface area contributed by atoms with Crippen molar-refractivity contribution in [1.82, 2.24) is 9.78 Å². The summed E-state index contributed by atoms with van der Waals surface area (Å²) in [7, 11) is 0. The van der Waals surface area contributed by atoms with Gasteiger partial charge in [0, 0.05) is 16.3 Å². The highest BCUT2D eigenvalue weighted by atomic mass is 35.5. The zero-order valence-electron chi connectivity index (χ0n) is 10.3. The van der Waals surface area contributed by atoms with Gasteiger partial charge in [0.2, 0.25) is 0 Å². The van der Waals surface area contributed by atoms with E-state index in [-0.39, 0.29) is 5.69 Å². The average molecular weight is 277 g/mol.